The second-order valence-electron chi connectivity index (χ2n) is 8.47. The summed E-state index contributed by atoms with van der Waals surface area (Å²) in [6, 6.07) is 6.48. The number of aromatic hydroxyl groups is 1. The molecule has 0 unspecified atom stereocenters. The van der Waals surface area contributed by atoms with E-state index < -0.39 is 5.54 Å². The number of rotatable bonds is 2. The number of aromatic nitrogens is 2. The van der Waals surface area contributed by atoms with E-state index in [2.05, 4.69) is 14.9 Å². The molecule has 1 saturated carbocycles. The number of nitrogens with one attached hydrogen (secondary N) is 1. The molecule has 2 aliphatic heterocycles. The second kappa shape index (κ2) is 6.90. The minimum absolute atomic E-state index is 0.0781. The summed E-state index contributed by atoms with van der Waals surface area (Å²) in [7, 11) is 0. The monoisotopic (exact) mass is 394 g/mol. The van der Waals surface area contributed by atoms with Crippen LogP contribution in [0.3, 0.4) is 0 Å². The predicted octanol–water partition coefficient (Wildman–Crippen LogP) is 2.43. The van der Waals surface area contributed by atoms with Gasteiger partial charge in [-0.15, -0.1) is 0 Å². The zero-order chi connectivity index (χ0) is 20.0. The fourth-order valence-corrected chi connectivity index (χ4v) is 5.08. The van der Waals surface area contributed by atoms with Gasteiger partial charge >= 0.3 is 0 Å². The lowest BCUT2D eigenvalue weighted by Crippen LogP contribution is -2.60. The van der Waals surface area contributed by atoms with E-state index in [1.54, 1.807) is 24.5 Å². The van der Waals surface area contributed by atoms with Gasteiger partial charge in [-0.25, -0.2) is 4.98 Å². The number of likely N-dealkylation sites (tertiary alicyclic amines) is 1. The Morgan fingerprint density at radius 2 is 1.97 bits per heavy atom. The molecule has 2 aromatic rings. The minimum atomic E-state index is -0.421. The standard InChI is InChI=1S/C22H26N4O3/c27-17-6-2-5-16(13-17)20(28)25-11-8-22(9-12-25)19-18(23-14-24-19)7-10-26(22)21(29)15-3-1-4-15/h2,5-6,13-15,27H,1,3-4,7-12H2,(H,23,24). The van der Waals surface area contributed by atoms with Crippen molar-refractivity contribution in [3.05, 3.63) is 47.5 Å². The number of fused-ring (bicyclic) bond motifs is 2. The first-order valence-electron chi connectivity index (χ1n) is 10.5. The third kappa shape index (κ3) is 2.91. The van der Waals surface area contributed by atoms with E-state index in [9.17, 15) is 14.7 Å². The maximum Gasteiger partial charge on any atom is 0.253 e. The Hall–Kier alpha value is -2.83. The lowest BCUT2D eigenvalue weighted by Gasteiger charge is -2.51. The van der Waals surface area contributed by atoms with E-state index in [4.69, 9.17) is 0 Å². The van der Waals surface area contributed by atoms with Crippen molar-refractivity contribution in [2.45, 2.75) is 44.1 Å². The molecule has 2 amide bonds. The van der Waals surface area contributed by atoms with Gasteiger partial charge in [0.1, 0.15) is 5.75 Å². The first-order chi connectivity index (χ1) is 14.1. The summed E-state index contributed by atoms with van der Waals surface area (Å²) >= 11 is 0. The molecule has 1 aromatic carbocycles. The van der Waals surface area contributed by atoms with E-state index in [0.717, 1.165) is 37.1 Å². The summed E-state index contributed by atoms with van der Waals surface area (Å²) in [5.74, 6) is 0.428. The second-order valence-corrected chi connectivity index (χ2v) is 8.47. The van der Waals surface area contributed by atoms with Crippen LogP contribution in [-0.4, -0.2) is 56.3 Å². The number of aromatic amines is 1. The van der Waals surface area contributed by atoms with Crippen LogP contribution in [0.5, 0.6) is 5.75 Å². The summed E-state index contributed by atoms with van der Waals surface area (Å²) in [6.45, 7) is 1.84. The van der Waals surface area contributed by atoms with Gasteiger partial charge in [0, 0.05) is 43.2 Å². The van der Waals surface area contributed by atoms with E-state index in [1.165, 1.54) is 6.07 Å². The van der Waals surface area contributed by atoms with E-state index in [0.29, 0.717) is 38.0 Å². The molecule has 1 saturated heterocycles. The third-order valence-electron chi connectivity index (χ3n) is 6.95. The van der Waals surface area contributed by atoms with Crippen molar-refractivity contribution in [2.75, 3.05) is 19.6 Å². The van der Waals surface area contributed by atoms with E-state index >= 15 is 0 Å². The summed E-state index contributed by atoms with van der Waals surface area (Å²) in [5, 5.41) is 9.69. The summed E-state index contributed by atoms with van der Waals surface area (Å²) < 4.78 is 0. The Labute approximate surface area is 169 Å². The molecule has 152 valence electrons. The van der Waals surface area contributed by atoms with Crippen molar-refractivity contribution < 1.29 is 14.7 Å². The predicted molar refractivity (Wildman–Crippen MR) is 106 cm³/mol. The maximum absolute atomic E-state index is 13.2. The molecule has 1 spiro atoms. The SMILES string of the molecule is O=C(c1cccc(O)c1)N1CCC2(CC1)c1nc[nH]c1CCN2C(=O)C1CCC1. The zero-order valence-electron chi connectivity index (χ0n) is 16.4. The molecular weight excluding hydrogens is 368 g/mol. The van der Waals surface area contributed by atoms with Crippen LogP contribution in [0.25, 0.3) is 0 Å². The average Bonchev–Trinajstić information content (AvgIpc) is 3.17. The Kier molecular flexibility index (Phi) is 4.33. The van der Waals surface area contributed by atoms with Crippen LogP contribution in [0, 0.1) is 5.92 Å². The summed E-state index contributed by atoms with van der Waals surface area (Å²) in [6.07, 6.45) is 7.02. The van der Waals surface area contributed by atoms with Crippen molar-refractivity contribution in [3.8, 4) is 5.75 Å². The number of imidazole rings is 1. The molecule has 3 aliphatic rings. The molecule has 7 heteroatoms. The fraction of sp³-hybridized carbons (Fsp3) is 0.500. The number of piperidine rings is 1. The van der Waals surface area contributed by atoms with Crippen molar-refractivity contribution in [2.24, 2.45) is 5.92 Å². The molecule has 1 aromatic heterocycles. The highest BCUT2D eigenvalue weighted by atomic mass is 16.3. The topological polar surface area (TPSA) is 89.5 Å². The summed E-state index contributed by atoms with van der Waals surface area (Å²) in [4.78, 5) is 37.9. The van der Waals surface area contributed by atoms with Crippen molar-refractivity contribution in [1.29, 1.82) is 0 Å². The number of amides is 2. The average molecular weight is 394 g/mol. The molecule has 7 nitrogen and oxygen atoms in total. The van der Waals surface area contributed by atoms with Crippen molar-refractivity contribution in [3.63, 3.8) is 0 Å². The van der Waals surface area contributed by atoms with Crippen molar-refractivity contribution >= 4 is 11.8 Å². The highest BCUT2D eigenvalue weighted by Gasteiger charge is 2.50. The number of hydrogen-bond acceptors (Lipinski definition) is 4. The van der Waals surface area contributed by atoms with Gasteiger partial charge in [0.2, 0.25) is 5.91 Å². The van der Waals surface area contributed by atoms with Gasteiger partial charge in [-0.1, -0.05) is 12.5 Å². The van der Waals surface area contributed by atoms with Gasteiger partial charge < -0.3 is 19.9 Å². The van der Waals surface area contributed by atoms with Crippen LogP contribution in [0.15, 0.2) is 30.6 Å². The van der Waals surface area contributed by atoms with Crippen LogP contribution >= 0.6 is 0 Å². The number of carbonyl (C=O) groups is 2. The zero-order valence-corrected chi connectivity index (χ0v) is 16.4. The molecule has 0 atom stereocenters. The maximum atomic E-state index is 13.2. The molecular formula is C22H26N4O3. The molecule has 0 radical (unpaired) electrons. The number of carbonyl (C=O) groups excluding carboxylic acids is 2. The van der Waals surface area contributed by atoms with Gasteiger partial charge in [0.25, 0.3) is 5.91 Å². The number of phenols is 1. The molecule has 2 fully saturated rings. The Morgan fingerprint density at radius 3 is 2.66 bits per heavy atom. The molecule has 3 heterocycles. The first-order valence-corrected chi connectivity index (χ1v) is 10.5. The number of H-pyrrole nitrogens is 1. The Morgan fingerprint density at radius 1 is 1.17 bits per heavy atom. The van der Waals surface area contributed by atoms with Crippen LogP contribution < -0.4 is 0 Å². The van der Waals surface area contributed by atoms with Crippen LogP contribution in [0.1, 0.15) is 53.8 Å². The fourth-order valence-electron chi connectivity index (χ4n) is 5.08. The van der Waals surface area contributed by atoms with Crippen molar-refractivity contribution in [1.82, 2.24) is 19.8 Å². The quantitative estimate of drug-likeness (QED) is 0.819. The Bertz CT molecular complexity index is 941. The molecule has 1 aliphatic carbocycles. The van der Waals surface area contributed by atoms with Crippen LogP contribution in [0.2, 0.25) is 0 Å². The van der Waals surface area contributed by atoms with E-state index in [-0.39, 0.29) is 23.5 Å². The van der Waals surface area contributed by atoms with E-state index in [1.807, 2.05) is 4.90 Å². The largest absolute Gasteiger partial charge is 0.508 e. The minimum Gasteiger partial charge on any atom is -0.508 e. The van der Waals surface area contributed by atoms with Gasteiger partial charge in [0.05, 0.1) is 17.6 Å². The lowest BCUT2D eigenvalue weighted by atomic mass is 9.76. The van der Waals surface area contributed by atoms with Gasteiger partial charge in [-0.05, 0) is 43.9 Å². The molecule has 0 bridgehead atoms. The lowest BCUT2D eigenvalue weighted by molar-refractivity contribution is -0.148. The molecule has 5 rings (SSSR count). The number of nitrogens with zero attached hydrogens (tertiary/aromatic N) is 3. The molecule has 29 heavy (non-hydrogen) atoms. The first kappa shape index (κ1) is 18.2. The third-order valence-corrected chi connectivity index (χ3v) is 6.95. The van der Waals surface area contributed by atoms with Gasteiger partial charge in [-0.2, -0.15) is 0 Å². The van der Waals surface area contributed by atoms with Gasteiger partial charge in [0.15, 0.2) is 0 Å². The number of phenolic OH excluding ortho intramolecular Hbond substituents is 1. The Balaban J connectivity index is 1.40. The molecule has 2 N–H and O–H groups in total. The highest BCUT2D eigenvalue weighted by Crippen LogP contribution is 2.44. The van der Waals surface area contributed by atoms with Crippen LogP contribution in [-0.2, 0) is 16.8 Å². The van der Waals surface area contributed by atoms with Gasteiger partial charge in [-0.3, -0.25) is 9.59 Å². The summed E-state index contributed by atoms with van der Waals surface area (Å²) in [5.41, 5.74) is 2.18. The number of hydrogen-bond donors (Lipinski definition) is 2. The normalized spacial score (nSPS) is 21.0. The van der Waals surface area contributed by atoms with Crippen LogP contribution in [0.4, 0.5) is 0 Å². The highest BCUT2D eigenvalue weighted by molar-refractivity contribution is 5.94. The smallest absolute Gasteiger partial charge is 0.253 e. The number of benzene rings is 1.